The van der Waals surface area contributed by atoms with Crippen molar-refractivity contribution in [2.24, 2.45) is 5.10 Å². The number of hydrazone groups is 1. The molecule has 0 fully saturated rings. The largest absolute Gasteiger partial charge is 0.482 e. The van der Waals surface area contributed by atoms with Gasteiger partial charge < -0.3 is 25.1 Å². The SMILES string of the molecule is Nc1nonc1-[n+]1[nH]nc(C(=O)N/N=C/c2ccc(OCC(=O)O)cc2)c1-c1ccc2c(c1)OCO2. The third-order valence-electron chi connectivity index (χ3n) is 4.90. The monoisotopic (exact) mass is 493 g/mol. The van der Waals surface area contributed by atoms with Crippen molar-refractivity contribution in [3.63, 3.8) is 0 Å². The van der Waals surface area contributed by atoms with Crippen molar-refractivity contribution >= 4 is 23.9 Å². The standard InChI is InChI=1S/C21H16N8O7/c22-19-20(27-36-26-19)29-18(12-3-6-14-15(7-12)35-10-34-14)17(24-28-29)21(32)25-23-8-11-1-4-13(5-2-11)33-9-16(30)31/h1-8H,9-10H2,(H4,22,25,26,30,31,32)/p+1/b23-8+. The molecule has 3 heterocycles. The molecule has 0 aliphatic carbocycles. The van der Waals surface area contributed by atoms with Crippen LogP contribution < -0.4 is 30.1 Å². The Morgan fingerprint density at radius 2 is 2.00 bits per heavy atom. The lowest BCUT2D eigenvalue weighted by Gasteiger charge is -2.03. The van der Waals surface area contributed by atoms with Crippen molar-refractivity contribution in [3.8, 4) is 34.3 Å². The Bertz CT molecular complexity index is 1460. The van der Waals surface area contributed by atoms with Crippen molar-refractivity contribution in [1.82, 2.24) is 26.1 Å². The van der Waals surface area contributed by atoms with Gasteiger partial charge >= 0.3 is 17.7 Å². The molecular weight excluding hydrogens is 476 g/mol. The van der Waals surface area contributed by atoms with Gasteiger partial charge in [-0.15, -0.1) is 9.90 Å². The van der Waals surface area contributed by atoms with Gasteiger partial charge in [-0.1, -0.05) is 0 Å². The highest BCUT2D eigenvalue weighted by molar-refractivity contribution is 5.98. The van der Waals surface area contributed by atoms with Gasteiger partial charge in [0.1, 0.15) is 10.9 Å². The first-order chi connectivity index (χ1) is 17.5. The van der Waals surface area contributed by atoms with Crippen molar-refractivity contribution < 1.29 is 38.2 Å². The lowest BCUT2D eigenvalue weighted by Crippen LogP contribution is -2.37. The van der Waals surface area contributed by atoms with Crippen LogP contribution >= 0.6 is 0 Å². The number of H-pyrrole nitrogens is 1. The predicted octanol–water partition coefficient (Wildman–Crippen LogP) is 0.275. The quantitative estimate of drug-likeness (QED) is 0.149. The van der Waals surface area contributed by atoms with E-state index in [1.807, 2.05) is 0 Å². The average Bonchev–Trinajstić information content (AvgIpc) is 3.62. The fourth-order valence-corrected chi connectivity index (χ4v) is 3.29. The highest BCUT2D eigenvalue weighted by atomic mass is 16.7. The summed E-state index contributed by atoms with van der Waals surface area (Å²) in [5, 5.41) is 26.8. The third-order valence-corrected chi connectivity index (χ3v) is 4.90. The topological polar surface area (TPSA) is 204 Å². The predicted molar refractivity (Wildman–Crippen MR) is 119 cm³/mol. The van der Waals surface area contributed by atoms with Gasteiger partial charge in [-0.25, -0.2) is 10.2 Å². The van der Waals surface area contributed by atoms with Gasteiger partial charge in [0.05, 0.1) is 6.21 Å². The molecule has 0 bridgehead atoms. The number of carbonyl (C=O) groups excluding carboxylic acids is 1. The summed E-state index contributed by atoms with van der Waals surface area (Å²) in [6.07, 6.45) is 1.40. The first kappa shape index (κ1) is 22.3. The number of amides is 1. The number of nitrogens with two attached hydrogens (primary N) is 1. The minimum absolute atomic E-state index is 0.0218. The van der Waals surface area contributed by atoms with Crippen LogP contribution in [0.4, 0.5) is 5.82 Å². The molecule has 0 radical (unpaired) electrons. The first-order valence-electron chi connectivity index (χ1n) is 10.3. The van der Waals surface area contributed by atoms with E-state index in [0.717, 1.165) is 0 Å². The highest BCUT2D eigenvalue weighted by Crippen LogP contribution is 2.36. The van der Waals surface area contributed by atoms with E-state index in [1.165, 1.54) is 10.9 Å². The highest BCUT2D eigenvalue weighted by Gasteiger charge is 2.32. The van der Waals surface area contributed by atoms with Crippen molar-refractivity contribution in [2.75, 3.05) is 19.1 Å². The van der Waals surface area contributed by atoms with Gasteiger partial charge in [0.2, 0.25) is 6.79 Å². The summed E-state index contributed by atoms with van der Waals surface area (Å²) in [5.74, 6) is -0.196. The maximum absolute atomic E-state index is 13.0. The van der Waals surface area contributed by atoms with Crippen molar-refractivity contribution in [3.05, 3.63) is 53.7 Å². The molecule has 0 unspecified atom stereocenters. The van der Waals surface area contributed by atoms with Crippen LogP contribution in [0.25, 0.3) is 17.1 Å². The molecule has 5 N–H and O–H groups in total. The van der Waals surface area contributed by atoms with Crippen molar-refractivity contribution in [1.29, 1.82) is 0 Å². The maximum Gasteiger partial charge on any atom is 0.377 e. The number of rotatable bonds is 8. The third kappa shape index (κ3) is 4.47. The summed E-state index contributed by atoms with van der Waals surface area (Å²) in [7, 11) is 0. The molecule has 0 spiro atoms. The van der Waals surface area contributed by atoms with Crippen LogP contribution in [0.1, 0.15) is 16.1 Å². The molecule has 1 amide bonds. The number of nitrogens with one attached hydrogen (secondary N) is 2. The molecule has 15 nitrogen and oxygen atoms in total. The molecule has 0 atom stereocenters. The van der Waals surface area contributed by atoms with Crippen molar-refractivity contribution in [2.45, 2.75) is 0 Å². The zero-order chi connectivity index (χ0) is 25.1. The van der Waals surface area contributed by atoms with E-state index < -0.39 is 18.5 Å². The Kier molecular flexibility index (Phi) is 5.84. The minimum atomic E-state index is -1.08. The van der Waals surface area contributed by atoms with E-state index >= 15 is 0 Å². The molecule has 2 aromatic heterocycles. The molecule has 36 heavy (non-hydrogen) atoms. The number of aromatic amines is 1. The van der Waals surface area contributed by atoms with Gasteiger partial charge in [0.25, 0.3) is 11.5 Å². The Morgan fingerprint density at radius 3 is 2.75 bits per heavy atom. The van der Waals surface area contributed by atoms with Crippen LogP contribution in [0, 0.1) is 0 Å². The molecule has 0 saturated heterocycles. The number of anilines is 1. The Labute approximate surface area is 201 Å². The Hall–Kier alpha value is -5.47. The van der Waals surface area contributed by atoms with E-state index in [2.05, 4.69) is 35.8 Å². The van der Waals surface area contributed by atoms with Gasteiger partial charge in [-0.05, 0) is 58.3 Å². The second-order valence-electron chi connectivity index (χ2n) is 7.24. The zero-order valence-electron chi connectivity index (χ0n) is 18.2. The molecule has 4 aromatic rings. The van der Waals surface area contributed by atoms with Gasteiger partial charge in [-0.3, -0.25) is 4.79 Å². The van der Waals surface area contributed by atoms with E-state index in [4.69, 9.17) is 25.1 Å². The lowest BCUT2D eigenvalue weighted by molar-refractivity contribution is -0.652. The van der Waals surface area contributed by atoms with Crippen LogP contribution in [0.5, 0.6) is 17.2 Å². The van der Waals surface area contributed by atoms with E-state index in [1.54, 1.807) is 42.5 Å². The summed E-state index contributed by atoms with van der Waals surface area (Å²) in [6, 6.07) is 11.5. The van der Waals surface area contributed by atoms with Crippen LogP contribution in [0.15, 0.2) is 52.2 Å². The maximum atomic E-state index is 13.0. The fraction of sp³-hybridized carbons (Fsp3) is 0.0952. The minimum Gasteiger partial charge on any atom is -0.482 e. The number of benzene rings is 2. The van der Waals surface area contributed by atoms with Crippen LogP contribution in [-0.4, -0.2) is 57.2 Å². The number of carboxylic acids is 1. The Morgan fingerprint density at radius 1 is 1.19 bits per heavy atom. The normalized spacial score (nSPS) is 12.1. The molecule has 0 saturated carbocycles. The van der Waals surface area contributed by atoms with Crippen LogP contribution in [0.3, 0.4) is 0 Å². The summed E-state index contributed by atoms with van der Waals surface area (Å²) < 4.78 is 21.9. The molecule has 15 heteroatoms. The number of nitrogen functional groups attached to an aromatic ring is 1. The molecule has 182 valence electrons. The van der Waals surface area contributed by atoms with E-state index in [9.17, 15) is 9.59 Å². The number of carbonyl (C=O) groups is 2. The molecule has 1 aliphatic rings. The fourth-order valence-electron chi connectivity index (χ4n) is 3.29. The number of nitrogens with zero attached hydrogens (tertiary/aromatic N) is 5. The molecule has 1 aliphatic heterocycles. The van der Waals surface area contributed by atoms with Gasteiger partial charge in [0.15, 0.2) is 23.8 Å². The van der Waals surface area contributed by atoms with Crippen LogP contribution in [-0.2, 0) is 4.79 Å². The number of hydrogen-bond donors (Lipinski definition) is 4. The number of hydrogen-bond acceptors (Lipinski definition) is 11. The second kappa shape index (κ2) is 9.41. The molecule has 2 aromatic carbocycles. The summed E-state index contributed by atoms with van der Waals surface area (Å²) in [5.41, 5.74) is 9.71. The number of fused-ring (bicyclic) bond motifs is 1. The zero-order valence-corrected chi connectivity index (χ0v) is 18.2. The summed E-state index contributed by atoms with van der Waals surface area (Å²) in [4.78, 5) is 23.6. The molecular formula is C21H17N8O7+. The van der Waals surface area contributed by atoms with Gasteiger partial charge in [-0.2, -0.15) is 9.73 Å². The summed E-state index contributed by atoms with van der Waals surface area (Å²) in [6.45, 7) is -0.367. The van der Waals surface area contributed by atoms with E-state index in [-0.39, 0.29) is 24.1 Å². The van der Waals surface area contributed by atoms with Gasteiger partial charge in [0, 0.05) is 5.56 Å². The number of ether oxygens (including phenoxy) is 3. The number of carboxylic acid groups (broad SMARTS) is 1. The first-order valence-corrected chi connectivity index (χ1v) is 10.3. The summed E-state index contributed by atoms with van der Waals surface area (Å²) >= 11 is 0. The number of aliphatic carboxylic acids is 1. The lowest BCUT2D eigenvalue weighted by atomic mass is 10.1. The Balaban J connectivity index is 1.39. The van der Waals surface area contributed by atoms with E-state index in [0.29, 0.717) is 34.1 Å². The number of aromatic nitrogens is 5. The average molecular weight is 493 g/mol. The smallest absolute Gasteiger partial charge is 0.377 e. The second-order valence-corrected chi connectivity index (χ2v) is 7.24. The molecule has 5 rings (SSSR count). The van der Waals surface area contributed by atoms with Crippen LogP contribution in [0.2, 0.25) is 0 Å².